The van der Waals surface area contributed by atoms with Crippen molar-refractivity contribution in [1.82, 2.24) is 19.9 Å². The molecule has 0 fully saturated rings. The number of nitrogen functional groups attached to an aromatic ring is 1. The molecule has 0 aliphatic heterocycles. The maximum absolute atomic E-state index is 11.3. The van der Waals surface area contributed by atoms with E-state index in [1.807, 2.05) is 26.2 Å². The normalized spacial score (nSPS) is 10.7. The van der Waals surface area contributed by atoms with Crippen LogP contribution in [0, 0.1) is 0 Å². The highest BCUT2D eigenvalue weighted by molar-refractivity contribution is 5.83. The molecule has 0 bridgehead atoms. The van der Waals surface area contributed by atoms with Crippen LogP contribution in [-0.4, -0.2) is 41.1 Å². The molecule has 0 saturated heterocycles. The van der Waals surface area contributed by atoms with Crippen molar-refractivity contribution in [2.24, 2.45) is 0 Å². The molecule has 3 rings (SSSR count). The number of rotatable bonds is 4. The monoisotopic (exact) mass is 314 g/mol. The zero-order chi connectivity index (χ0) is 16.6. The van der Waals surface area contributed by atoms with E-state index in [-0.39, 0.29) is 5.69 Å². The first-order valence-electron chi connectivity index (χ1n) is 6.99. The highest BCUT2D eigenvalue weighted by Gasteiger charge is 2.12. The summed E-state index contributed by atoms with van der Waals surface area (Å²) in [6.45, 7) is 0. The highest BCUT2D eigenvalue weighted by atomic mass is 16.1. The van der Waals surface area contributed by atoms with Gasteiger partial charge in [0.05, 0.1) is 11.0 Å². The second-order valence-electron chi connectivity index (χ2n) is 5.24. The Hall–Kier alpha value is -3.23. The zero-order valence-electron chi connectivity index (χ0n) is 13.1. The summed E-state index contributed by atoms with van der Waals surface area (Å²) in [6, 6.07) is 5.45. The third-order valence-electron chi connectivity index (χ3n) is 3.35. The van der Waals surface area contributed by atoms with Crippen molar-refractivity contribution < 1.29 is 0 Å². The first kappa shape index (κ1) is 14.7. The standard InChI is InChI=1S/C14H18N8O/c1-16-11-10(15)12(21-13(20-11)22(2)3)17-7-4-5-8-9(6-7)19-14(23)18-8/h4-6H,15H2,1-3H3,(H2,18,19,23)(H2,16,17,20,21). The highest BCUT2D eigenvalue weighted by Crippen LogP contribution is 2.29. The SMILES string of the molecule is CNc1nc(N(C)C)nc(Nc2ccc3[nH]c(=O)[nH]c3c2)c1N. The van der Waals surface area contributed by atoms with Gasteiger partial charge in [-0.3, -0.25) is 0 Å². The number of imidazole rings is 1. The molecular weight excluding hydrogens is 296 g/mol. The maximum Gasteiger partial charge on any atom is 0.323 e. The fraction of sp³-hybridized carbons (Fsp3) is 0.214. The molecule has 2 aromatic heterocycles. The van der Waals surface area contributed by atoms with E-state index in [1.165, 1.54) is 0 Å². The molecule has 0 unspecified atom stereocenters. The first-order valence-corrected chi connectivity index (χ1v) is 6.99. The Labute approximate surface area is 131 Å². The lowest BCUT2D eigenvalue weighted by atomic mass is 10.2. The van der Waals surface area contributed by atoms with Crippen LogP contribution >= 0.6 is 0 Å². The molecule has 0 atom stereocenters. The van der Waals surface area contributed by atoms with Gasteiger partial charge in [-0.15, -0.1) is 0 Å². The summed E-state index contributed by atoms with van der Waals surface area (Å²) < 4.78 is 0. The molecule has 0 radical (unpaired) electrons. The van der Waals surface area contributed by atoms with Gasteiger partial charge in [-0.2, -0.15) is 9.97 Å². The molecular formula is C14H18N8O. The van der Waals surface area contributed by atoms with Crippen LogP contribution in [-0.2, 0) is 0 Å². The van der Waals surface area contributed by atoms with E-state index in [0.29, 0.717) is 28.8 Å². The third-order valence-corrected chi connectivity index (χ3v) is 3.35. The number of fused-ring (bicyclic) bond motifs is 1. The van der Waals surface area contributed by atoms with Gasteiger partial charge >= 0.3 is 5.69 Å². The number of nitrogens with two attached hydrogens (primary N) is 1. The molecule has 9 nitrogen and oxygen atoms in total. The second kappa shape index (κ2) is 5.52. The summed E-state index contributed by atoms with van der Waals surface area (Å²) in [5.74, 6) is 1.56. The van der Waals surface area contributed by atoms with Crippen molar-refractivity contribution in [1.29, 1.82) is 0 Å². The van der Waals surface area contributed by atoms with Crippen LogP contribution in [0.25, 0.3) is 11.0 Å². The summed E-state index contributed by atoms with van der Waals surface area (Å²) in [4.78, 5) is 27.3. The third kappa shape index (κ3) is 2.76. The molecule has 0 saturated carbocycles. The lowest BCUT2D eigenvalue weighted by Crippen LogP contribution is -2.16. The van der Waals surface area contributed by atoms with E-state index < -0.39 is 0 Å². The Morgan fingerprint density at radius 2 is 1.83 bits per heavy atom. The molecule has 23 heavy (non-hydrogen) atoms. The molecule has 0 aliphatic carbocycles. The van der Waals surface area contributed by atoms with Crippen LogP contribution in [0.15, 0.2) is 23.0 Å². The number of hydrogen-bond acceptors (Lipinski definition) is 7. The zero-order valence-corrected chi connectivity index (χ0v) is 13.1. The predicted octanol–water partition coefficient (Wildman–Crippen LogP) is 1.08. The number of anilines is 5. The van der Waals surface area contributed by atoms with Crippen molar-refractivity contribution in [3.05, 3.63) is 28.7 Å². The molecule has 0 amide bonds. The van der Waals surface area contributed by atoms with E-state index in [2.05, 4.69) is 30.6 Å². The number of aromatic amines is 2. The van der Waals surface area contributed by atoms with Gasteiger partial charge in [0.2, 0.25) is 5.95 Å². The van der Waals surface area contributed by atoms with Crippen LogP contribution in [0.4, 0.5) is 29.0 Å². The quantitative estimate of drug-likeness (QED) is 0.487. The number of hydrogen-bond donors (Lipinski definition) is 5. The fourth-order valence-electron chi connectivity index (χ4n) is 2.19. The van der Waals surface area contributed by atoms with Crippen molar-refractivity contribution >= 4 is 40.0 Å². The van der Waals surface area contributed by atoms with Gasteiger partial charge in [0.15, 0.2) is 11.6 Å². The first-order chi connectivity index (χ1) is 11.0. The molecule has 3 aromatic rings. The molecule has 2 heterocycles. The number of nitrogens with zero attached hydrogens (tertiary/aromatic N) is 3. The smallest absolute Gasteiger partial charge is 0.323 e. The molecule has 120 valence electrons. The van der Waals surface area contributed by atoms with Crippen LogP contribution in [0.3, 0.4) is 0 Å². The summed E-state index contributed by atoms with van der Waals surface area (Å²) in [5.41, 5.74) is 8.46. The fourth-order valence-corrected chi connectivity index (χ4v) is 2.19. The molecule has 9 heteroatoms. The number of nitrogens with one attached hydrogen (secondary N) is 4. The largest absolute Gasteiger partial charge is 0.393 e. The van der Waals surface area contributed by atoms with Crippen molar-refractivity contribution in [2.45, 2.75) is 0 Å². The molecule has 0 spiro atoms. The van der Waals surface area contributed by atoms with Gasteiger partial charge < -0.3 is 31.2 Å². The van der Waals surface area contributed by atoms with E-state index in [0.717, 1.165) is 11.2 Å². The van der Waals surface area contributed by atoms with E-state index in [1.54, 1.807) is 18.0 Å². The van der Waals surface area contributed by atoms with Crippen molar-refractivity contribution in [3.63, 3.8) is 0 Å². The van der Waals surface area contributed by atoms with Crippen LogP contribution in [0.1, 0.15) is 0 Å². The minimum atomic E-state index is -0.244. The molecule has 6 N–H and O–H groups in total. The number of benzene rings is 1. The lowest BCUT2D eigenvalue weighted by molar-refractivity contribution is 1.00. The van der Waals surface area contributed by atoms with Crippen LogP contribution in [0.2, 0.25) is 0 Å². The van der Waals surface area contributed by atoms with Crippen molar-refractivity contribution in [2.75, 3.05) is 42.4 Å². The average molecular weight is 314 g/mol. The van der Waals surface area contributed by atoms with Crippen molar-refractivity contribution in [3.8, 4) is 0 Å². The minimum absolute atomic E-state index is 0.244. The number of H-pyrrole nitrogens is 2. The van der Waals surface area contributed by atoms with Gasteiger partial charge in [-0.1, -0.05) is 0 Å². The van der Waals surface area contributed by atoms with Gasteiger partial charge in [0, 0.05) is 26.8 Å². The summed E-state index contributed by atoms with van der Waals surface area (Å²) in [7, 11) is 5.45. The molecule has 1 aromatic carbocycles. The van der Waals surface area contributed by atoms with E-state index in [9.17, 15) is 4.79 Å². The summed E-state index contributed by atoms with van der Waals surface area (Å²) in [5, 5.41) is 6.12. The van der Waals surface area contributed by atoms with E-state index >= 15 is 0 Å². The Morgan fingerprint density at radius 3 is 2.52 bits per heavy atom. The Balaban J connectivity index is 2.02. The summed E-state index contributed by atoms with van der Waals surface area (Å²) >= 11 is 0. The summed E-state index contributed by atoms with van der Waals surface area (Å²) in [6.07, 6.45) is 0. The Kier molecular flexibility index (Phi) is 3.53. The predicted molar refractivity (Wildman–Crippen MR) is 92.5 cm³/mol. The van der Waals surface area contributed by atoms with E-state index in [4.69, 9.17) is 5.73 Å². The van der Waals surface area contributed by atoms with Crippen LogP contribution < -0.4 is 27.0 Å². The van der Waals surface area contributed by atoms with Gasteiger partial charge in [0.25, 0.3) is 0 Å². The topological polar surface area (TPSA) is 128 Å². The Bertz CT molecular complexity index is 911. The maximum atomic E-state index is 11.3. The van der Waals surface area contributed by atoms with Gasteiger partial charge in [-0.05, 0) is 18.2 Å². The minimum Gasteiger partial charge on any atom is -0.393 e. The number of aromatic nitrogens is 4. The second-order valence-corrected chi connectivity index (χ2v) is 5.24. The average Bonchev–Trinajstić information content (AvgIpc) is 2.88. The van der Waals surface area contributed by atoms with Crippen LogP contribution in [0.5, 0.6) is 0 Å². The Morgan fingerprint density at radius 1 is 1.13 bits per heavy atom. The van der Waals surface area contributed by atoms with Gasteiger partial charge in [-0.25, -0.2) is 4.79 Å². The van der Waals surface area contributed by atoms with Gasteiger partial charge in [0.1, 0.15) is 5.69 Å². The lowest BCUT2D eigenvalue weighted by Gasteiger charge is -2.16. The molecule has 0 aliphatic rings.